The molecule has 7 nitrogen and oxygen atoms in total. The standard InChI is InChI=1S/C19H27N5O2/c1-24-18-16(17(23-24)13-5-7-20-8-6-13)14(19(25)21-9-10-26-2)11-15(22-18)12-3-4-12/h11-13,20H,3-10H2,1-2H3,(H,21,25). The zero-order chi connectivity index (χ0) is 18.1. The van der Waals surface area contributed by atoms with Crippen LogP contribution in [0.5, 0.6) is 0 Å². The van der Waals surface area contributed by atoms with Gasteiger partial charge in [-0.05, 0) is 44.8 Å². The van der Waals surface area contributed by atoms with Gasteiger partial charge in [-0.1, -0.05) is 0 Å². The fraction of sp³-hybridized carbons (Fsp3) is 0.632. The Bertz CT molecular complexity index is 806. The van der Waals surface area contributed by atoms with Crippen LogP contribution in [0.4, 0.5) is 0 Å². The summed E-state index contributed by atoms with van der Waals surface area (Å²) >= 11 is 0. The van der Waals surface area contributed by atoms with E-state index in [-0.39, 0.29) is 5.91 Å². The number of methoxy groups -OCH3 is 1. The van der Waals surface area contributed by atoms with Crippen LogP contribution in [0.2, 0.25) is 0 Å². The molecule has 0 unspecified atom stereocenters. The van der Waals surface area contributed by atoms with Crippen LogP contribution in [0, 0.1) is 0 Å². The summed E-state index contributed by atoms with van der Waals surface area (Å²) in [5.41, 5.74) is 3.60. The number of carbonyl (C=O) groups is 1. The van der Waals surface area contributed by atoms with Gasteiger partial charge in [-0.3, -0.25) is 9.48 Å². The Labute approximate surface area is 153 Å². The van der Waals surface area contributed by atoms with E-state index in [1.54, 1.807) is 7.11 Å². The average molecular weight is 357 g/mol. The molecule has 1 saturated heterocycles. The number of fused-ring (bicyclic) bond motifs is 1. The highest BCUT2D eigenvalue weighted by Crippen LogP contribution is 2.41. The number of rotatable bonds is 6. The minimum absolute atomic E-state index is 0.0560. The van der Waals surface area contributed by atoms with E-state index in [4.69, 9.17) is 14.8 Å². The van der Waals surface area contributed by atoms with Crippen molar-refractivity contribution in [2.24, 2.45) is 7.05 Å². The molecule has 2 N–H and O–H groups in total. The lowest BCUT2D eigenvalue weighted by Crippen LogP contribution is -2.28. The second-order valence-corrected chi connectivity index (χ2v) is 7.35. The Morgan fingerprint density at radius 1 is 1.31 bits per heavy atom. The first-order valence-corrected chi connectivity index (χ1v) is 9.54. The van der Waals surface area contributed by atoms with Gasteiger partial charge < -0.3 is 15.4 Å². The van der Waals surface area contributed by atoms with Crippen molar-refractivity contribution in [3.8, 4) is 0 Å². The van der Waals surface area contributed by atoms with Gasteiger partial charge in [0.05, 0.1) is 23.3 Å². The van der Waals surface area contributed by atoms with Gasteiger partial charge in [-0.15, -0.1) is 0 Å². The van der Waals surface area contributed by atoms with Crippen LogP contribution in [0.25, 0.3) is 11.0 Å². The van der Waals surface area contributed by atoms with E-state index in [1.807, 2.05) is 17.8 Å². The molecule has 0 atom stereocenters. The number of hydrogen-bond acceptors (Lipinski definition) is 5. The molecule has 0 aromatic carbocycles. The van der Waals surface area contributed by atoms with E-state index in [2.05, 4.69) is 10.6 Å². The maximum Gasteiger partial charge on any atom is 0.252 e. The average Bonchev–Trinajstić information content (AvgIpc) is 3.46. The molecule has 1 saturated carbocycles. The second kappa shape index (κ2) is 7.32. The molecular weight excluding hydrogens is 330 g/mol. The third-order valence-electron chi connectivity index (χ3n) is 5.40. The molecule has 7 heteroatoms. The number of amides is 1. The SMILES string of the molecule is COCCNC(=O)c1cc(C2CC2)nc2c1c(C1CCNCC1)nn2C. The fourth-order valence-electron chi connectivity index (χ4n) is 3.81. The summed E-state index contributed by atoms with van der Waals surface area (Å²) in [6.07, 6.45) is 4.40. The Balaban J connectivity index is 1.78. The molecule has 2 aromatic heterocycles. The summed E-state index contributed by atoms with van der Waals surface area (Å²) in [4.78, 5) is 17.8. The molecule has 26 heavy (non-hydrogen) atoms. The molecule has 2 fully saturated rings. The number of hydrogen-bond donors (Lipinski definition) is 2. The highest BCUT2D eigenvalue weighted by molar-refractivity contribution is 6.06. The number of ether oxygens (including phenoxy) is 1. The minimum Gasteiger partial charge on any atom is -0.383 e. The molecular formula is C19H27N5O2. The molecule has 2 aliphatic rings. The summed E-state index contributed by atoms with van der Waals surface area (Å²) in [6.45, 7) is 2.99. The van der Waals surface area contributed by atoms with Crippen LogP contribution in [0.3, 0.4) is 0 Å². The van der Waals surface area contributed by atoms with Crippen LogP contribution >= 0.6 is 0 Å². The Hall–Kier alpha value is -1.99. The third-order valence-corrected chi connectivity index (χ3v) is 5.40. The van der Waals surface area contributed by atoms with Crippen LogP contribution in [-0.4, -0.2) is 54.0 Å². The molecule has 140 valence electrons. The molecule has 1 aliphatic carbocycles. The maximum absolute atomic E-state index is 12.9. The molecule has 3 heterocycles. The first kappa shape index (κ1) is 17.4. The normalized spacial score (nSPS) is 18.4. The number of nitrogens with one attached hydrogen (secondary N) is 2. The largest absolute Gasteiger partial charge is 0.383 e. The van der Waals surface area contributed by atoms with E-state index >= 15 is 0 Å². The lowest BCUT2D eigenvalue weighted by Gasteiger charge is -2.21. The topological polar surface area (TPSA) is 81.1 Å². The maximum atomic E-state index is 12.9. The quantitative estimate of drug-likeness (QED) is 0.769. The third kappa shape index (κ3) is 3.33. The van der Waals surface area contributed by atoms with Crippen LogP contribution < -0.4 is 10.6 Å². The lowest BCUT2D eigenvalue weighted by atomic mass is 9.91. The lowest BCUT2D eigenvalue weighted by molar-refractivity contribution is 0.0938. The van der Waals surface area contributed by atoms with Gasteiger partial charge in [0.25, 0.3) is 5.91 Å². The molecule has 2 aromatic rings. The fourth-order valence-corrected chi connectivity index (χ4v) is 3.81. The van der Waals surface area contributed by atoms with E-state index in [0.717, 1.165) is 66.8 Å². The first-order valence-electron chi connectivity index (χ1n) is 9.54. The second-order valence-electron chi connectivity index (χ2n) is 7.35. The molecule has 0 bridgehead atoms. The van der Waals surface area contributed by atoms with Crippen molar-refractivity contribution in [2.45, 2.75) is 37.5 Å². The van der Waals surface area contributed by atoms with E-state index in [1.165, 1.54) is 0 Å². The Morgan fingerprint density at radius 2 is 2.08 bits per heavy atom. The van der Waals surface area contributed by atoms with Crippen molar-refractivity contribution in [1.82, 2.24) is 25.4 Å². The van der Waals surface area contributed by atoms with Crippen molar-refractivity contribution >= 4 is 16.9 Å². The Kier molecular flexibility index (Phi) is 4.91. The summed E-state index contributed by atoms with van der Waals surface area (Å²) in [5.74, 6) is 0.806. The molecule has 1 aliphatic heterocycles. The van der Waals surface area contributed by atoms with Gasteiger partial charge in [0.2, 0.25) is 0 Å². The predicted molar refractivity (Wildman–Crippen MR) is 99.5 cm³/mol. The van der Waals surface area contributed by atoms with Gasteiger partial charge in [0.15, 0.2) is 5.65 Å². The van der Waals surface area contributed by atoms with Crippen molar-refractivity contribution in [2.75, 3.05) is 33.4 Å². The van der Waals surface area contributed by atoms with E-state index in [0.29, 0.717) is 25.0 Å². The van der Waals surface area contributed by atoms with Crippen molar-refractivity contribution in [3.63, 3.8) is 0 Å². The van der Waals surface area contributed by atoms with Gasteiger partial charge in [-0.2, -0.15) is 5.10 Å². The molecule has 1 amide bonds. The van der Waals surface area contributed by atoms with Crippen LogP contribution in [0.1, 0.15) is 59.3 Å². The number of aryl methyl sites for hydroxylation is 1. The van der Waals surface area contributed by atoms with Gasteiger partial charge >= 0.3 is 0 Å². The van der Waals surface area contributed by atoms with Crippen molar-refractivity contribution in [1.29, 1.82) is 0 Å². The molecule has 4 rings (SSSR count). The van der Waals surface area contributed by atoms with Gasteiger partial charge in [0.1, 0.15) is 0 Å². The zero-order valence-corrected chi connectivity index (χ0v) is 15.5. The van der Waals surface area contributed by atoms with Crippen LogP contribution in [-0.2, 0) is 11.8 Å². The summed E-state index contributed by atoms with van der Waals surface area (Å²) in [5, 5.41) is 12.1. The number of pyridine rings is 1. The zero-order valence-electron chi connectivity index (χ0n) is 15.5. The molecule has 0 radical (unpaired) electrons. The summed E-state index contributed by atoms with van der Waals surface area (Å²) in [6, 6.07) is 1.99. The summed E-state index contributed by atoms with van der Waals surface area (Å²) < 4.78 is 6.91. The highest BCUT2D eigenvalue weighted by atomic mass is 16.5. The smallest absolute Gasteiger partial charge is 0.252 e. The number of nitrogens with zero attached hydrogens (tertiary/aromatic N) is 3. The first-order chi connectivity index (χ1) is 12.7. The predicted octanol–water partition coefficient (Wildman–Crippen LogP) is 1.69. The Morgan fingerprint density at radius 3 is 2.77 bits per heavy atom. The number of aromatic nitrogens is 3. The minimum atomic E-state index is -0.0560. The molecule has 0 spiro atoms. The monoisotopic (exact) mass is 357 g/mol. The van der Waals surface area contributed by atoms with Gasteiger partial charge in [0, 0.05) is 38.2 Å². The highest BCUT2D eigenvalue weighted by Gasteiger charge is 2.30. The summed E-state index contributed by atoms with van der Waals surface area (Å²) in [7, 11) is 3.57. The number of carbonyl (C=O) groups excluding carboxylic acids is 1. The van der Waals surface area contributed by atoms with E-state index in [9.17, 15) is 4.79 Å². The van der Waals surface area contributed by atoms with Crippen molar-refractivity contribution < 1.29 is 9.53 Å². The van der Waals surface area contributed by atoms with Gasteiger partial charge in [-0.25, -0.2) is 4.98 Å². The van der Waals surface area contributed by atoms with Crippen LogP contribution in [0.15, 0.2) is 6.07 Å². The van der Waals surface area contributed by atoms with E-state index < -0.39 is 0 Å². The van der Waals surface area contributed by atoms with Crippen molar-refractivity contribution in [3.05, 3.63) is 23.0 Å². The number of piperidine rings is 1.